The first-order valence-corrected chi connectivity index (χ1v) is 7.43. The van der Waals surface area contributed by atoms with Crippen molar-refractivity contribution in [3.63, 3.8) is 0 Å². The first-order chi connectivity index (χ1) is 9.47. The summed E-state index contributed by atoms with van der Waals surface area (Å²) in [6.45, 7) is 1.32. The highest BCUT2D eigenvalue weighted by atomic mass is 35.7. The van der Waals surface area contributed by atoms with E-state index >= 15 is 0 Å². The normalized spacial score (nSPS) is 12.0. The minimum Gasteiger partial charge on any atom is -0.492 e. The summed E-state index contributed by atoms with van der Waals surface area (Å²) >= 11 is 0. The van der Waals surface area contributed by atoms with Crippen LogP contribution in [-0.2, 0) is 9.05 Å². The lowest BCUT2D eigenvalue weighted by molar-refractivity contribution is -0.389. The van der Waals surface area contributed by atoms with E-state index < -0.39 is 42.4 Å². The smallest absolute Gasteiger partial charge is 0.492 e. The lowest BCUT2D eigenvalue weighted by atomic mass is 10.2. The molecule has 0 spiro atoms. The van der Waals surface area contributed by atoms with Crippen molar-refractivity contribution < 1.29 is 36.0 Å². The molecule has 0 radical (unpaired) electrons. The molecule has 0 atom stereocenters. The van der Waals surface area contributed by atoms with Gasteiger partial charge in [-0.2, -0.15) is 0 Å². The van der Waals surface area contributed by atoms with E-state index in [0.717, 1.165) is 6.07 Å². The molecule has 0 aliphatic heterocycles. The van der Waals surface area contributed by atoms with E-state index in [0.29, 0.717) is 6.07 Å². The molecule has 0 fully saturated rings. The number of benzene rings is 1. The second-order valence-corrected chi connectivity index (χ2v) is 5.92. The van der Waals surface area contributed by atoms with Crippen LogP contribution >= 0.6 is 10.7 Å². The summed E-state index contributed by atoms with van der Waals surface area (Å²) in [5, 5.41) is 10.7. The Kier molecular flexibility index (Phi) is 4.89. The minimum atomic E-state index is -5.36. The van der Waals surface area contributed by atoms with E-state index in [1.165, 1.54) is 6.92 Å². The van der Waals surface area contributed by atoms with Crippen LogP contribution in [0, 0.1) is 10.1 Å². The van der Waals surface area contributed by atoms with Crippen LogP contribution in [0.2, 0.25) is 0 Å². The minimum absolute atomic E-state index is 0.108. The topological polar surface area (TPSA) is 95.7 Å². The fourth-order valence-electron chi connectivity index (χ4n) is 1.39. The van der Waals surface area contributed by atoms with Crippen molar-refractivity contribution >= 4 is 25.4 Å². The molecule has 12 heteroatoms. The number of hydrogen-bond donors (Lipinski definition) is 0. The first-order valence-electron chi connectivity index (χ1n) is 5.12. The summed E-state index contributed by atoms with van der Waals surface area (Å²) in [7, 11) is 0.235. The maximum absolute atomic E-state index is 12.3. The van der Waals surface area contributed by atoms with Gasteiger partial charge in [0.05, 0.1) is 11.5 Å². The van der Waals surface area contributed by atoms with Crippen molar-refractivity contribution in [2.75, 3.05) is 6.61 Å². The van der Waals surface area contributed by atoms with Crippen molar-refractivity contribution in [3.8, 4) is 11.5 Å². The predicted octanol–water partition coefficient (Wildman–Crippen LogP) is 2.82. The molecule has 0 saturated carbocycles. The van der Waals surface area contributed by atoms with Gasteiger partial charge in [0.25, 0.3) is 9.05 Å². The van der Waals surface area contributed by atoms with Crippen molar-refractivity contribution in [2.24, 2.45) is 0 Å². The summed E-state index contributed by atoms with van der Waals surface area (Å²) in [5.74, 6) is -2.13. The number of nitro groups is 1. The molecule has 0 heterocycles. The number of alkyl halides is 3. The Hall–Kier alpha value is -1.75. The molecule has 7 nitrogen and oxygen atoms in total. The van der Waals surface area contributed by atoms with E-state index in [-0.39, 0.29) is 6.61 Å². The number of rotatable bonds is 5. The fourth-order valence-corrected chi connectivity index (χ4v) is 2.57. The van der Waals surface area contributed by atoms with Gasteiger partial charge in [-0.05, 0) is 13.0 Å². The highest BCUT2D eigenvalue weighted by Crippen LogP contribution is 2.44. The summed E-state index contributed by atoms with van der Waals surface area (Å²) in [4.78, 5) is 8.25. The summed E-state index contributed by atoms with van der Waals surface area (Å²) in [6.07, 6.45) is -5.36. The van der Waals surface area contributed by atoms with Crippen molar-refractivity contribution in [1.29, 1.82) is 0 Å². The Balaban J connectivity index is 3.73. The van der Waals surface area contributed by atoms with Gasteiger partial charge in [-0.15, -0.1) is 13.2 Å². The lowest BCUT2D eigenvalue weighted by Gasteiger charge is -2.14. The van der Waals surface area contributed by atoms with Crippen molar-refractivity contribution in [1.82, 2.24) is 0 Å². The highest BCUT2D eigenvalue weighted by molar-refractivity contribution is 8.14. The molecular weight excluding hydrogens is 343 g/mol. The van der Waals surface area contributed by atoms with Crippen molar-refractivity contribution in [3.05, 3.63) is 22.2 Å². The van der Waals surface area contributed by atoms with E-state index in [1.807, 2.05) is 0 Å². The Morgan fingerprint density at radius 1 is 1.38 bits per heavy atom. The van der Waals surface area contributed by atoms with Gasteiger partial charge in [-0.1, -0.05) is 0 Å². The third kappa shape index (κ3) is 4.36. The summed E-state index contributed by atoms with van der Waals surface area (Å²) in [6, 6.07) is 1.44. The zero-order valence-electron chi connectivity index (χ0n) is 10.2. The van der Waals surface area contributed by atoms with Crippen LogP contribution in [0.3, 0.4) is 0 Å². The standard InChI is InChI=1S/C9H7ClF3NO6S/c1-2-19-6-4-3-5(14(15)16)7(20-9(11,12)13)8(6)21(10,17)18/h3-4H,2H2,1H3. The van der Waals surface area contributed by atoms with Gasteiger partial charge in [0.1, 0.15) is 5.75 Å². The maximum atomic E-state index is 12.3. The van der Waals surface area contributed by atoms with E-state index in [1.54, 1.807) is 0 Å². The quantitative estimate of drug-likeness (QED) is 0.461. The molecule has 0 aliphatic rings. The highest BCUT2D eigenvalue weighted by Gasteiger charge is 2.40. The molecule has 0 aromatic heterocycles. The molecule has 1 aromatic rings. The third-order valence-electron chi connectivity index (χ3n) is 2.01. The van der Waals surface area contributed by atoms with Crippen LogP contribution < -0.4 is 9.47 Å². The van der Waals surface area contributed by atoms with Gasteiger partial charge in [0.15, 0.2) is 4.90 Å². The van der Waals surface area contributed by atoms with Crippen molar-refractivity contribution in [2.45, 2.75) is 18.2 Å². The van der Waals surface area contributed by atoms with Gasteiger partial charge in [-0.3, -0.25) is 10.1 Å². The Morgan fingerprint density at radius 2 is 1.95 bits per heavy atom. The van der Waals surface area contributed by atoms with Crippen LogP contribution in [-0.4, -0.2) is 26.3 Å². The Labute approximate surface area is 120 Å². The van der Waals surface area contributed by atoms with Crippen LogP contribution in [0.15, 0.2) is 17.0 Å². The molecule has 1 rings (SSSR count). The molecule has 0 aliphatic carbocycles. The van der Waals surface area contributed by atoms with Crippen LogP contribution in [0.1, 0.15) is 6.92 Å². The predicted molar refractivity (Wildman–Crippen MR) is 64.0 cm³/mol. The van der Waals surface area contributed by atoms with Gasteiger partial charge in [0, 0.05) is 16.7 Å². The number of ether oxygens (including phenoxy) is 2. The zero-order chi connectivity index (χ0) is 16.4. The third-order valence-corrected chi connectivity index (χ3v) is 3.35. The van der Waals surface area contributed by atoms with Crippen LogP contribution in [0.4, 0.5) is 18.9 Å². The van der Waals surface area contributed by atoms with Gasteiger partial charge in [0.2, 0.25) is 5.75 Å². The number of hydrogen-bond acceptors (Lipinski definition) is 6. The van der Waals surface area contributed by atoms with Gasteiger partial charge >= 0.3 is 12.0 Å². The SMILES string of the molecule is CCOc1ccc([N+](=O)[O-])c(OC(F)(F)F)c1S(=O)(=O)Cl. The number of halogens is 4. The summed E-state index contributed by atoms with van der Waals surface area (Å²) < 4.78 is 68.2. The molecule has 1 aromatic carbocycles. The second kappa shape index (κ2) is 5.93. The monoisotopic (exact) mass is 349 g/mol. The van der Waals surface area contributed by atoms with E-state index in [2.05, 4.69) is 4.74 Å². The number of nitrogens with zero attached hydrogens (tertiary/aromatic N) is 1. The molecule has 118 valence electrons. The maximum Gasteiger partial charge on any atom is 0.573 e. The lowest BCUT2D eigenvalue weighted by Crippen LogP contribution is -2.20. The molecule has 0 saturated heterocycles. The van der Waals surface area contributed by atoms with E-state index in [9.17, 15) is 31.7 Å². The molecule has 0 bridgehead atoms. The number of nitro benzene ring substituents is 1. The van der Waals surface area contributed by atoms with E-state index in [4.69, 9.17) is 15.4 Å². The average Bonchev–Trinajstić information content (AvgIpc) is 2.24. The zero-order valence-corrected chi connectivity index (χ0v) is 11.8. The van der Waals surface area contributed by atoms with Crippen LogP contribution in [0.25, 0.3) is 0 Å². The average molecular weight is 350 g/mol. The second-order valence-electron chi connectivity index (χ2n) is 3.42. The Morgan fingerprint density at radius 3 is 2.33 bits per heavy atom. The van der Waals surface area contributed by atoms with Gasteiger partial charge < -0.3 is 9.47 Å². The Bertz CT molecular complexity index is 660. The first kappa shape index (κ1) is 17.3. The largest absolute Gasteiger partial charge is 0.573 e. The van der Waals surface area contributed by atoms with Crippen LogP contribution in [0.5, 0.6) is 11.5 Å². The molecule has 0 unspecified atom stereocenters. The molecule has 21 heavy (non-hydrogen) atoms. The molecular formula is C9H7ClF3NO6S. The molecule has 0 N–H and O–H groups in total. The molecule has 0 amide bonds. The summed E-state index contributed by atoms with van der Waals surface area (Å²) in [5.41, 5.74) is -1.21. The fraction of sp³-hybridized carbons (Fsp3) is 0.333. The van der Waals surface area contributed by atoms with Gasteiger partial charge in [-0.25, -0.2) is 8.42 Å².